The van der Waals surface area contributed by atoms with Gasteiger partial charge in [-0.2, -0.15) is 0 Å². The minimum atomic E-state index is -1.14. The first-order valence-corrected chi connectivity index (χ1v) is 8.17. The van der Waals surface area contributed by atoms with Gasteiger partial charge in [-0.25, -0.2) is 4.98 Å². The third kappa shape index (κ3) is 4.01. The minimum absolute atomic E-state index is 0.0465. The van der Waals surface area contributed by atoms with Crippen molar-refractivity contribution in [2.45, 2.75) is 31.3 Å². The van der Waals surface area contributed by atoms with Gasteiger partial charge in [-0.1, -0.05) is 19.1 Å². The summed E-state index contributed by atoms with van der Waals surface area (Å²) in [7, 11) is -1.14. The summed E-state index contributed by atoms with van der Waals surface area (Å²) in [6.45, 7) is 4.41. The van der Waals surface area contributed by atoms with Gasteiger partial charge in [0.2, 0.25) is 0 Å². The molecule has 0 aliphatic heterocycles. The molecule has 112 valence electrons. The lowest BCUT2D eigenvalue weighted by Crippen LogP contribution is -2.36. The van der Waals surface area contributed by atoms with Crippen molar-refractivity contribution in [1.82, 2.24) is 14.9 Å². The number of hydrogen-bond donors (Lipinski definition) is 1. The second kappa shape index (κ2) is 7.17. The quantitative estimate of drug-likeness (QED) is 0.885. The number of rotatable bonds is 6. The van der Waals surface area contributed by atoms with Crippen molar-refractivity contribution in [2.75, 3.05) is 5.75 Å². The fraction of sp³-hybridized carbons (Fsp3) is 0.333. The van der Waals surface area contributed by atoms with E-state index in [-0.39, 0.29) is 11.9 Å². The smallest absolute Gasteiger partial charge is 0.252 e. The number of aromatic nitrogens is 2. The maximum Gasteiger partial charge on any atom is 0.252 e. The second-order valence-electron chi connectivity index (χ2n) is 4.76. The monoisotopic (exact) mass is 305 g/mol. The van der Waals surface area contributed by atoms with Gasteiger partial charge >= 0.3 is 0 Å². The van der Waals surface area contributed by atoms with E-state index >= 15 is 0 Å². The van der Waals surface area contributed by atoms with Crippen LogP contribution in [0.3, 0.4) is 0 Å². The van der Waals surface area contributed by atoms with Crippen LogP contribution in [-0.2, 0) is 17.3 Å². The van der Waals surface area contributed by atoms with Crippen LogP contribution in [-0.4, -0.2) is 31.5 Å². The second-order valence-corrected chi connectivity index (χ2v) is 6.47. The molecule has 2 rings (SSSR count). The molecule has 1 heterocycles. The van der Waals surface area contributed by atoms with E-state index in [4.69, 9.17) is 0 Å². The number of carbonyl (C=O) groups excluding carboxylic acids is 1. The van der Waals surface area contributed by atoms with Gasteiger partial charge < -0.3 is 9.88 Å². The summed E-state index contributed by atoms with van der Waals surface area (Å²) < 4.78 is 13.9. The summed E-state index contributed by atoms with van der Waals surface area (Å²) in [4.78, 5) is 16.9. The van der Waals surface area contributed by atoms with E-state index in [9.17, 15) is 9.00 Å². The molecule has 1 aromatic carbocycles. The average molecular weight is 305 g/mol. The minimum Gasteiger partial charge on any atom is -0.348 e. The molecule has 5 nitrogen and oxygen atoms in total. The zero-order chi connectivity index (χ0) is 15.2. The van der Waals surface area contributed by atoms with Crippen molar-refractivity contribution >= 4 is 16.7 Å². The van der Waals surface area contributed by atoms with Crippen LogP contribution in [0.5, 0.6) is 0 Å². The molecule has 21 heavy (non-hydrogen) atoms. The number of nitrogens with one attached hydrogen (secondary N) is 1. The lowest BCUT2D eigenvalue weighted by Gasteiger charge is -2.15. The first kappa shape index (κ1) is 15.4. The predicted molar refractivity (Wildman–Crippen MR) is 82.5 cm³/mol. The van der Waals surface area contributed by atoms with Crippen molar-refractivity contribution in [3.63, 3.8) is 0 Å². The molecule has 0 unspecified atom stereocenters. The number of carbonyl (C=O) groups is 1. The molecule has 0 radical (unpaired) electrons. The first-order chi connectivity index (χ1) is 10.1. The summed E-state index contributed by atoms with van der Waals surface area (Å²) in [5, 5.41) is 2.93. The van der Waals surface area contributed by atoms with Gasteiger partial charge in [0.25, 0.3) is 5.91 Å². The van der Waals surface area contributed by atoms with Crippen LogP contribution < -0.4 is 5.32 Å². The van der Waals surface area contributed by atoms with Crippen LogP contribution in [0, 0.1) is 0 Å². The molecule has 1 aromatic heterocycles. The van der Waals surface area contributed by atoms with Crippen molar-refractivity contribution in [3.8, 4) is 0 Å². The Bertz CT molecular complexity index is 626. The molecule has 6 heteroatoms. The van der Waals surface area contributed by atoms with Crippen molar-refractivity contribution in [1.29, 1.82) is 0 Å². The maximum atomic E-state index is 12.4. The first-order valence-electron chi connectivity index (χ1n) is 6.85. The summed E-state index contributed by atoms with van der Waals surface area (Å²) in [6, 6.07) is 6.99. The molecule has 2 aromatic rings. The fourth-order valence-electron chi connectivity index (χ4n) is 2.07. The lowest BCUT2D eigenvalue weighted by molar-refractivity contribution is 0.0933. The zero-order valence-electron chi connectivity index (χ0n) is 12.2. The van der Waals surface area contributed by atoms with E-state index in [2.05, 4.69) is 10.3 Å². The third-order valence-electron chi connectivity index (χ3n) is 3.06. The highest BCUT2D eigenvalue weighted by molar-refractivity contribution is 7.85. The van der Waals surface area contributed by atoms with Gasteiger partial charge in [0.1, 0.15) is 0 Å². The Balaban J connectivity index is 2.08. The highest BCUT2D eigenvalue weighted by Gasteiger charge is 2.16. The standard InChI is InChI=1S/C15H19N3O2S/c1-3-21(20)14-7-5-4-6-13(14)15(19)17-12(2)10-18-9-8-16-11-18/h4-9,11-12H,3,10H2,1-2H3,(H,17,19)/t12-,21-/m1/s1. The molecular formula is C15H19N3O2S. The molecule has 1 amide bonds. The largest absolute Gasteiger partial charge is 0.348 e. The van der Waals surface area contributed by atoms with Crippen LogP contribution in [0.15, 0.2) is 47.9 Å². The molecule has 0 aliphatic carbocycles. The van der Waals surface area contributed by atoms with Crippen LogP contribution in [0.4, 0.5) is 0 Å². The molecule has 0 spiro atoms. The predicted octanol–water partition coefficient (Wildman–Crippen LogP) is 1.83. The highest BCUT2D eigenvalue weighted by atomic mass is 32.2. The molecule has 2 atom stereocenters. The van der Waals surface area contributed by atoms with E-state index in [1.54, 1.807) is 36.8 Å². The topological polar surface area (TPSA) is 64.0 Å². The Hall–Kier alpha value is -1.95. The van der Waals surface area contributed by atoms with Gasteiger partial charge in [-0.05, 0) is 19.1 Å². The zero-order valence-corrected chi connectivity index (χ0v) is 13.0. The summed E-state index contributed by atoms with van der Waals surface area (Å²) in [6.07, 6.45) is 5.26. The van der Waals surface area contributed by atoms with Gasteiger partial charge in [0, 0.05) is 30.7 Å². The van der Waals surface area contributed by atoms with Gasteiger partial charge in [-0.15, -0.1) is 0 Å². The normalized spacial score (nSPS) is 13.6. The number of nitrogens with zero attached hydrogens (tertiary/aromatic N) is 2. The number of hydrogen-bond acceptors (Lipinski definition) is 3. The molecule has 0 aliphatic rings. The van der Waals surface area contributed by atoms with Crippen LogP contribution in [0.1, 0.15) is 24.2 Å². The van der Waals surface area contributed by atoms with Gasteiger partial charge in [0.15, 0.2) is 0 Å². The van der Waals surface area contributed by atoms with Crippen LogP contribution >= 0.6 is 0 Å². The Morgan fingerprint density at radius 2 is 2.19 bits per heavy atom. The Labute approximate surface area is 126 Å². The van der Waals surface area contributed by atoms with E-state index in [1.165, 1.54) is 0 Å². The summed E-state index contributed by atoms with van der Waals surface area (Å²) >= 11 is 0. The van der Waals surface area contributed by atoms with Crippen molar-refractivity contribution in [2.24, 2.45) is 0 Å². The molecule has 1 N–H and O–H groups in total. The van der Waals surface area contributed by atoms with E-state index < -0.39 is 10.8 Å². The molecule has 0 saturated carbocycles. The molecule has 0 fully saturated rings. The maximum absolute atomic E-state index is 12.4. The number of imidazole rings is 1. The number of amides is 1. The van der Waals surface area contributed by atoms with Gasteiger partial charge in [-0.3, -0.25) is 9.00 Å². The Morgan fingerprint density at radius 1 is 1.43 bits per heavy atom. The van der Waals surface area contributed by atoms with Crippen LogP contribution in [0.2, 0.25) is 0 Å². The fourth-order valence-corrected chi connectivity index (χ4v) is 3.01. The Morgan fingerprint density at radius 3 is 2.86 bits per heavy atom. The van der Waals surface area contributed by atoms with Gasteiger partial charge in [0.05, 0.1) is 27.6 Å². The van der Waals surface area contributed by atoms with E-state index in [1.807, 2.05) is 24.6 Å². The van der Waals surface area contributed by atoms with Crippen LogP contribution in [0.25, 0.3) is 0 Å². The third-order valence-corrected chi connectivity index (χ3v) is 4.43. The SMILES string of the molecule is CC[S@@](=O)c1ccccc1C(=O)N[C@H](C)Cn1ccnc1. The summed E-state index contributed by atoms with van der Waals surface area (Å²) in [5.74, 6) is 0.300. The van der Waals surface area contributed by atoms with Crippen molar-refractivity contribution in [3.05, 3.63) is 48.5 Å². The molecule has 0 bridgehead atoms. The summed E-state index contributed by atoms with van der Waals surface area (Å²) in [5.41, 5.74) is 0.482. The molecular weight excluding hydrogens is 286 g/mol. The lowest BCUT2D eigenvalue weighted by atomic mass is 10.2. The van der Waals surface area contributed by atoms with Crippen molar-refractivity contribution < 1.29 is 9.00 Å². The molecule has 0 saturated heterocycles. The highest BCUT2D eigenvalue weighted by Crippen LogP contribution is 2.14. The average Bonchev–Trinajstić information content (AvgIpc) is 2.99. The van der Waals surface area contributed by atoms with E-state index in [0.717, 1.165) is 0 Å². The Kier molecular flexibility index (Phi) is 5.27. The number of benzene rings is 1. The van der Waals surface area contributed by atoms with E-state index in [0.29, 0.717) is 22.8 Å².